The maximum Gasteiger partial charge on any atom is 0.241 e. The monoisotopic (exact) mass is 314 g/mol. The molecule has 1 aromatic carbocycles. The van der Waals surface area contributed by atoms with Gasteiger partial charge in [0.15, 0.2) is 11.5 Å². The smallest absolute Gasteiger partial charge is 0.241 e. The SMILES string of the molecule is COc1ccc(S(=O)(=O)NC(C)(CN)C2CC2)cc1OC. The van der Waals surface area contributed by atoms with Crippen LogP contribution >= 0.6 is 0 Å². The van der Waals surface area contributed by atoms with Gasteiger partial charge in [-0.2, -0.15) is 0 Å². The molecule has 1 aromatic rings. The van der Waals surface area contributed by atoms with E-state index in [-0.39, 0.29) is 11.4 Å². The molecule has 1 aliphatic rings. The van der Waals surface area contributed by atoms with Crippen LogP contribution in [0.2, 0.25) is 0 Å². The summed E-state index contributed by atoms with van der Waals surface area (Å²) in [7, 11) is -0.687. The standard InChI is InChI=1S/C14H22N2O4S/c1-14(9-15,10-4-5-10)16-21(17,18)11-6-7-12(19-2)13(8-11)20-3/h6-8,10,16H,4-5,9,15H2,1-3H3. The van der Waals surface area contributed by atoms with Gasteiger partial charge in [-0.1, -0.05) is 0 Å². The van der Waals surface area contributed by atoms with Gasteiger partial charge in [-0.05, 0) is 37.8 Å². The second-order valence-electron chi connectivity index (χ2n) is 5.52. The predicted octanol–water partition coefficient (Wildman–Crippen LogP) is 1.11. The molecule has 118 valence electrons. The largest absolute Gasteiger partial charge is 0.493 e. The molecule has 1 saturated carbocycles. The molecular weight excluding hydrogens is 292 g/mol. The van der Waals surface area contributed by atoms with E-state index < -0.39 is 15.6 Å². The summed E-state index contributed by atoms with van der Waals surface area (Å²) >= 11 is 0. The lowest BCUT2D eigenvalue weighted by atomic mass is 9.98. The Hall–Kier alpha value is -1.31. The highest BCUT2D eigenvalue weighted by molar-refractivity contribution is 7.89. The maximum atomic E-state index is 12.5. The van der Waals surface area contributed by atoms with E-state index >= 15 is 0 Å². The summed E-state index contributed by atoms with van der Waals surface area (Å²) in [6.45, 7) is 2.12. The first-order chi connectivity index (χ1) is 9.86. The van der Waals surface area contributed by atoms with Crippen LogP contribution in [0.25, 0.3) is 0 Å². The molecule has 0 radical (unpaired) electrons. The van der Waals surface area contributed by atoms with Crippen molar-refractivity contribution >= 4 is 10.0 Å². The topological polar surface area (TPSA) is 90.7 Å². The summed E-state index contributed by atoms with van der Waals surface area (Å²) in [6, 6.07) is 4.52. The van der Waals surface area contributed by atoms with Gasteiger partial charge in [-0.25, -0.2) is 13.1 Å². The van der Waals surface area contributed by atoms with Gasteiger partial charge in [0, 0.05) is 18.2 Å². The Balaban J connectivity index is 2.31. The van der Waals surface area contributed by atoms with E-state index in [0.29, 0.717) is 17.4 Å². The normalized spacial score (nSPS) is 18.1. The van der Waals surface area contributed by atoms with E-state index in [1.165, 1.54) is 26.4 Å². The Kier molecular flexibility index (Phi) is 4.46. The molecule has 1 unspecified atom stereocenters. The number of sulfonamides is 1. The van der Waals surface area contributed by atoms with E-state index in [1.807, 2.05) is 6.92 Å². The highest BCUT2D eigenvalue weighted by Gasteiger charge is 2.43. The van der Waals surface area contributed by atoms with Crippen LogP contribution in [0.1, 0.15) is 19.8 Å². The Morgan fingerprint density at radius 1 is 1.29 bits per heavy atom. The van der Waals surface area contributed by atoms with Crippen LogP contribution < -0.4 is 19.9 Å². The van der Waals surface area contributed by atoms with Gasteiger partial charge in [-0.15, -0.1) is 0 Å². The molecule has 0 aliphatic heterocycles. The molecule has 7 heteroatoms. The van der Waals surface area contributed by atoms with E-state index in [4.69, 9.17) is 15.2 Å². The van der Waals surface area contributed by atoms with Crippen LogP contribution in [0.15, 0.2) is 23.1 Å². The third kappa shape index (κ3) is 3.30. The fourth-order valence-electron chi connectivity index (χ4n) is 2.36. The number of nitrogens with two attached hydrogens (primary N) is 1. The van der Waals surface area contributed by atoms with Gasteiger partial charge in [0.1, 0.15) is 0 Å². The molecule has 0 aromatic heterocycles. The zero-order valence-electron chi connectivity index (χ0n) is 12.5. The summed E-state index contributed by atoms with van der Waals surface area (Å²) in [5.74, 6) is 1.17. The van der Waals surface area contributed by atoms with Crippen molar-refractivity contribution in [2.45, 2.75) is 30.2 Å². The highest BCUT2D eigenvalue weighted by Crippen LogP contribution is 2.40. The lowest BCUT2D eigenvalue weighted by molar-refractivity contribution is 0.353. The number of methoxy groups -OCH3 is 2. The zero-order chi connectivity index (χ0) is 15.7. The molecule has 1 fully saturated rings. The van der Waals surface area contributed by atoms with Crippen molar-refractivity contribution in [3.63, 3.8) is 0 Å². The first kappa shape index (κ1) is 16.1. The predicted molar refractivity (Wildman–Crippen MR) is 80.1 cm³/mol. The summed E-state index contributed by atoms with van der Waals surface area (Å²) in [6.07, 6.45) is 2.00. The van der Waals surface area contributed by atoms with Gasteiger partial charge in [0.2, 0.25) is 10.0 Å². The number of nitrogens with one attached hydrogen (secondary N) is 1. The van der Waals surface area contributed by atoms with Gasteiger partial charge >= 0.3 is 0 Å². The first-order valence-corrected chi connectivity index (χ1v) is 8.30. The van der Waals surface area contributed by atoms with Crippen LogP contribution in [0.3, 0.4) is 0 Å². The van der Waals surface area contributed by atoms with Crippen molar-refractivity contribution in [3.8, 4) is 11.5 Å². The Morgan fingerprint density at radius 3 is 2.38 bits per heavy atom. The zero-order valence-corrected chi connectivity index (χ0v) is 13.4. The number of rotatable bonds is 7. The molecule has 0 saturated heterocycles. The minimum atomic E-state index is -3.66. The van der Waals surface area contributed by atoms with Crippen molar-refractivity contribution in [2.24, 2.45) is 11.7 Å². The van der Waals surface area contributed by atoms with Crippen molar-refractivity contribution in [1.82, 2.24) is 4.72 Å². The molecule has 0 heterocycles. The van der Waals surface area contributed by atoms with Crippen molar-refractivity contribution in [2.75, 3.05) is 20.8 Å². The third-order valence-electron chi connectivity index (χ3n) is 3.94. The van der Waals surface area contributed by atoms with E-state index in [0.717, 1.165) is 12.8 Å². The summed E-state index contributed by atoms with van der Waals surface area (Å²) in [5.41, 5.74) is 5.16. The minimum Gasteiger partial charge on any atom is -0.493 e. The highest BCUT2D eigenvalue weighted by atomic mass is 32.2. The Morgan fingerprint density at radius 2 is 1.90 bits per heavy atom. The van der Waals surface area contributed by atoms with Crippen LogP contribution in [0.5, 0.6) is 11.5 Å². The van der Waals surface area contributed by atoms with Gasteiger partial charge in [0.25, 0.3) is 0 Å². The average Bonchev–Trinajstić information content (AvgIpc) is 3.30. The molecule has 1 atom stereocenters. The van der Waals surface area contributed by atoms with E-state index in [1.54, 1.807) is 6.07 Å². The number of hydrogen-bond acceptors (Lipinski definition) is 5. The fraction of sp³-hybridized carbons (Fsp3) is 0.571. The van der Waals surface area contributed by atoms with Crippen molar-refractivity contribution < 1.29 is 17.9 Å². The fourth-order valence-corrected chi connectivity index (χ4v) is 3.85. The van der Waals surface area contributed by atoms with E-state index in [2.05, 4.69) is 4.72 Å². The summed E-state index contributed by atoms with van der Waals surface area (Å²) < 4.78 is 38.1. The molecule has 0 amide bonds. The summed E-state index contributed by atoms with van der Waals surface area (Å²) in [5, 5.41) is 0. The van der Waals surface area contributed by atoms with Crippen molar-refractivity contribution in [1.29, 1.82) is 0 Å². The first-order valence-electron chi connectivity index (χ1n) is 6.82. The number of ether oxygens (including phenoxy) is 2. The van der Waals surface area contributed by atoms with Crippen LogP contribution in [-0.4, -0.2) is 34.7 Å². The Bertz CT molecular complexity index is 613. The second kappa shape index (κ2) is 5.82. The van der Waals surface area contributed by atoms with Gasteiger partial charge in [-0.3, -0.25) is 0 Å². The molecule has 2 rings (SSSR count). The molecule has 0 spiro atoms. The minimum absolute atomic E-state index is 0.139. The van der Waals surface area contributed by atoms with Crippen LogP contribution in [0.4, 0.5) is 0 Å². The molecular formula is C14H22N2O4S. The Labute approximate surface area is 125 Å². The van der Waals surface area contributed by atoms with Crippen LogP contribution in [0, 0.1) is 5.92 Å². The molecule has 1 aliphatic carbocycles. The molecule has 0 bridgehead atoms. The van der Waals surface area contributed by atoms with E-state index in [9.17, 15) is 8.42 Å². The number of benzene rings is 1. The molecule has 6 nitrogen and oxygen atoms in total. The van der Waals surface area contributed by atoms with Crippen molar-refractivity contribution in [3.05, 3.63) is 18.2 Å². The molecule has 3 N–H and O–H groups in total. The van der Waals surface area contributed by atoms with Gasteiger partial charge in [0.05, 0.1) is 19.1 Å². The van der Waals surface area contributed by atoms with Gasteiger partial charge < -0.3 is 15.2 Å². The maximum absolute atomic E-state index is 12.5. The molecule has 21 heavy (non-hydrogen) atoms. The third-order valence-corrected chi connectivity index (χ3v) is 5.54. The van der Waals surface area contributed by atoms with Crippen LogP contribution in [-0.2, 0) is 10.0 Å². The number of hydrogen-bond donors (Lipinski definition) is 2. The lowest BCUT2D eigenvalue weighted by Gasteiger charge is -2.29. The second-order valence-corrected chi connectivity index (χ2v) is 7.20. The summed E-state index contributed by atoms with van der Waals surface area (Å²) in [4.78, 5) is 0.139. The quantitative estimate of drug-likeness (QED) is 0.787. The average molecular weight is 314 g/mol. The lowest BCUT2D eigenvalue weighted by Crippen LogP contribution is -2.52.